The van der Waals surface area contributed by atoms with Crippen LogP contribution in [-0.2, 0) is 13.6 Å². The van der Waals surface area contributed by atoms with E-state index in [1.807, 2.05) is 30.1 Å². The Bertz CT molecular complexity index is 1290. The lowest BCUT2D eigenvalue weighted by molar-refractivity contribution is 0.0672. The second-order valence-corrected chi connectivity index (χ2v) is 8.71. The van der Waals surface area contributed by atoms with Gasteiger partial charge in [0.15, 0.2) is 5.82 Å². The molecule has 1 saturated heterocycles. The van der Waals surface area contributed by atoms with Crippen molar-refractivity contribution in [3.8, 4) is 11.5 Å². The van der Waals surface area contributed by atoms with Crippen molar-refractivity contribution in [2.45, 2.75) is 32.9 Å². The molecule has 2 aromatic heterocycles. The molecule has 1 amide bonds. The average Bonchev–Trinajstić information content (AvgIpc) is 3.32. The number of nitrogens with zero attached hydrogens (tertiary/aromatic N) is 4. The molecule has 1 fully saturated rings. The van der Waals surface area contributed by atoms with Gasteiger partial charge in [-0.1, -0.05) is 25.1 Å². The molecule has 32 heavy (non-hydrogen) atoms. The SMILES string of the molecule is CCn1c(-c2nc3cc(C(=O)N4CC[C@@H](C)[C@H](N)C4)ccc3n2C)cc2ccccc21.Cl. The van der Waals surface area contributed by atoms with Gasteiger partial charge in [0.2, 0.25) is 0 Å². The summed E-state index contributed by atoms with van der Waals surface area (Å²) in [6, 6.07) is 16.5. The Labute approximate surface area is 194 Å². The molecule has 7 heteroatoms. The van der Waals surface area contributed by atoms with Crippen LogP contribution in [0.25, 0.3) is 33.5 Å². The van der Waals surface area contributed by atoms with Crippen LogP contribution in [0.4, 0.5) is 0 Å². The summed E-state index contributed by atoms with van der Waals surface area (Å²) in [6.45, 7) is 6.55. The van der Waals surface area contributed by atoms with Gasteiger partial charge in [-0.25, -0.2) is 4.98 Å². The topological polar surface area (TPSA) is 69.1 Å². The zero-order valence-corrected chi connectivity index (χ0v) is 19.6. The largest absolute Gasteiger partial charge is 0.338 e. The molecule has 4 aromatic rings. The fourth-order valence-corrected chi connectivity index (χ4v) is 4.76. The van der Waals surface area contributed by atoms with Gasteiger partial charge in [0, 0.05) is 49.2 Å². The van der Waals surface area contributed by atoms with Crippen molar-refractivity contribution in [2.24, 2.45) is 18.7 Å². The van der Waals surface area contributed by atoms with Crippen LogP contribution in [-0.4, -0.2) is 44.1 Å². The van der Waals surface area contributed by atoms with E-state index in [2.05, 4.69) is 53.3 Å². The number of aromatic nitrogens is 3. The third-order valence-corrected chi connectivity index (χ3v) is 6.79. The van der Waals surface area contributed by atoms with Crippen LogP contribution in [0.1, 0.15) is 30.6 Å². The maximum atomic E-state index is 13.1. The van der Waals surface area contributed by atoms with E-state index in [1.165, 1.54) is 10.9 Å². The lowest BCUT2D eigenvalue weighted by atomic mass is 9.94. The van der Waals surface area contributed by atoms with Crippen LogP contribution in [0.15, 0.2) is 48.5 Å². The second-order valence-electron chi connectivity index (χ2n) is 8.71. The summed E-state index contributed by atoms with van der Waals surface area (Å²) in [5.41, 5.74) is 11.0. The van der Waals surface area contributed by atoms with Gasteiger partial charge in [0.1, 0.15) is 0 Å². The number of para-hydroxylation sites is 1. The van der Waals surface area contributed by atoms with Gasteiger partial charge >= 0.3 is 0 Å². The van der Waals surface area contributed by atoms with Crippen molar-refractivity contribution in [1.82, 2.24) is 19.0 Å². The van der Waals surface area contributed by atoms with E-state index in [4.69, 9.17) is 10.7 Å². The monoisotopic (exact) mass is 451 g/mol. The summed E-state index contributed by atoms with van der Waals surface area (Å²) in [6.07, 6.45) is 0.949. The van der Waals surface area contributed by atoms with Gasteiger partial charge in [0.05, 0.1) is 16.7 Å². The summed E-state index contributed by atoms with van der Waals surface area (Å²) in [5, 5.41) is 1.21. The predicted molar refractivity (Wildman–Crippen MR) is 132 cm³/mol. The number of fused-ring (bicyclic) bond motifs is 2. The number of imidazole rings is 1. The summed E-state index contributed by atoms with van der Waals surface area (Å²) >= 11 is 0. The Morgan fingerprint density at radius 1 is 1.16 bits per heavy atom. The van der Waals surface area contributed by atoms with E-state index >= 15 is 0 Å². The van der Waals surface area contributed by atoms with Crippen molar-refractivity contribution >= 4 is 40.3 Å². The van der Waals surface area contributed by atoms with Crippen molar-refractivity contribution in [3.05, 3.63) is 54.1 Å². The highest BCUT2D eigenvalue weighted by atomic mass is 35.5. The van der Waals surface area contributed by atoms with Gasteiger partial charge in [0.25, 0.3) is 5.91 Å². The summed E-state index contributed by atoms with van der Waals surface area (Å²) in [7, 11) is 2.04. The van der Waals surface area contributed by atoms with Crippen molar-refractivity contribution in [1.29, 1.82) is 0 Å². The molecule has 0 unspecified atom stereocenters. The van der Waals surface area contributed by atoms with Gasteiger partial charge in [-0.15, -0.1) is 12.4 Å². The Morgan fingerprint density at radius 3 is 2.69 bits per heavy atom. The van der Waals surface area contributed by atoms with Crippen molar-refractivity contribution in [2.75, 3.05) is 13.1 Å². The van der Waals surface area contributed by atoms with Crippen LogP contribution < -0.4 is 5.73 Å². The Balaban J connectivity index is 0.00000245. The van der Waals surface area contributed by atoms with E-state index in [1.54, 1.807) is 0 Å². The highest BCUT2D eigenvalue weighted by Gasteiger charge is 2.27. The summed E-state index contributed by atoms with van der Waals surface area (Å²) in [4.78, 5) is 19.9. The number of nitrogens with two attached hydrogens (primary N) is 1. The summed E-state index contributed by atoms with van der Waals surface area (Å²) < 4.78 is 4.40. The number of aryl methyl sites for hydroxylation is 2. The molecule has 2 N–H and O–H groups in total. The fourth-order valence-electron chi connectivity index (χ4n) is 4.76. The van der Waals surface area contributed by atoms with Crippen molar-refractivity contribution in [3.63, 3.8) is 0 Å². The number of hydrogen-bond donors (Lipinski definition) is 1. The number of carbonyl (C=O) groups excluding carboxylic acids is 1. The number of likely N-dealkylation sites (tertiary alicyclic amines) is 1. The molecule has 6 nitrogen and oxygen atoms in total. The Hall–Kier alpha value is -2.83. The van der Waals surface area contributed by atoms with Crippen LogP contribution >= 0.6 is 12.4 Å². The predicted octanol–water partition coefficient (Wildman–Crippen LogP) is 4.45. The molecule has 5 rings (SSSR count). The molecular weight excluding hydrogens is 422 g/mol. The van der Waals surface area contributed by atoms with Crippen LogP contribution in [0.5, 0.6) is 0 Å². The van der Waals surface area contributed by atoms with Crippen LogP contribution in [0, 0.1) is 5.92 Å². The standard InChI is InChI=1S/C25H29N5O.ClH/c1-4-30-21-8-6-5-7-17(21)14-23(30)24-27-20-13-18(9-10-22(20)28(24)3)25(31)29-12-11-16(2)19(26)15-29;/h5-10,13-14,16,19H,4,11-12,15,26H2,1-3H3;1H/t16-,19-;/m1./s1. The minimum absolute atomic E-state index is 0. The number of amides is 1. The molecule has 2 atom stereocenters. The van der Waals surface area contributed by atoms with Crippen LogP contribution in [0.2, 0.25) is 0 Å². The normalized spacial score (nSPS) is 18.8. The number of rotatable bonds is 3. The third kappa shape index (κ3) is 3.57. The Morgan fingerprint density at radius 2 is 1.94 bits per heavy atom. The molecule has 168 valence electrons. The molecule has 0 bridgehead atoms. The van der Waals surface area contributed by atoms with E-state index in [0.29, 0.717) is 18.0 Å². The second kappa shape index (κ2) is 8.60. The first kappa shape index (κ1) is 22.4. The van der Waals surface area contributed by atoms with Crippen LogP contribution in [0.3, 0.4) is 0 Å². The molecule has 2 aromatic carbocycles. The van der Waals surface area contributed by atoms with E-state index in [0.717, 1.165) is 42.1 Å². The number of carbonyl (C=O) groups is 1. The quantitative estimate of drug-likeness (QED) is 0.500. The van der Waals surface area contributed by atoms with E-state index in [9.17, 15) is 4.79 Å². The van der Waals surface area contributed by atoms with Gasteiger partial charge in [-0.3, -0.25) is 4.79 Å². The zero-order chi connectivity index (χ0) is 21.7. The molecule has 0 radical (unpaired) electrons. The first-order valence-electron chi connectivity index (χ1n) is 11.1. The van der Waals surface area contributed by atoms with E-state index < -0.39 is 0 Å². The van der Waals surface area contributed by atoms with Crippen molar-refractivity contribution < 1.29 is 4.79 Å². The number of benzene rings is 2. The third-order valence-electron chi connectivity index (χ3n) is 6.79. The average molecular weight is 452 g/mol. The molecule has 3 heterocycles. The number of piperidine rings is 1. The fraction of sp³-hybridized carbons (Fsp3) is 0.360. The number of halogens is 1. The van der Waals surface area contributed by atoms with Gasteiger partial charge in [-0.2, -0.15) is 0 Å². The molecule has 0 aliphatic carbocycles. The highest BCUT2D eigenvalue weighted by Crippen LogP contribution is 2.30. The maximum Gasteiger partial charge on any atom is 0.253 e. The van der Waals surface area contributed by atoms with Gasteiger partial charge in [-0.05, 0) is 49.6 Å². The molecule has 0 spiro atoms. The highest BCUT2D eigenvalue weighted by molar-refractivity contribution is 5.98. The first-order chi connectivity index (χ1) is 15.0. The molecule has 1 aliphatic rings. The minimum atomic E-state index is 0. The maximum absolute atomic E-state index is 13.1. The molecule has 1 aliphatic heterocycles. The lowest BCUT2D eigenvalue weighted by Gasteiger charge is -2.35. The van der Waals surface area contributed by atoms with E-state index in [-0.39, 0.29) is 24.4 Å². The number of hydrogen-bond acceptors (Lipinski definition) is 3. The molecule has 0 saturated carbocycles. The lowest BCUT2D eigenvalue weighted by Crippen LogP contribution is -2.49. The smallest absolute Gasteiger partial charge is 0.253 e. The molecular formula is C25H30ClN5O. The first-order valence-corrected chi connectivity index (χ1v) is 11.1. The van der Waals surface area contributed by atoms with Gasteiger partial charge < -0.3 is 19.8 Å². The Kier molecular flexibility index (Phi) is 6.01. The summed E-state index contributed by atoms with van der Waals surface area (Å²) in [5.74, 6) is 1.40. The zero-order valence-electron chi connectivity index (χ0n) is 18.8. The minimum Gasteiger partial charge on any atom is -0.338 e.